The topological polar surface area (TPSA) is 3.24 Å². The van der Waals surface area contributed by atoms with Gasteiger partial charge in [-0.25, -0.2) is 0 Å². The number of anilines is 3. The number of rotatable bonds is 7. The van der Waals surface area contributed by atoms with Crippen molar-refractivity contribution in [2.45, 2.75) is 0 Å². The molecule has 0 atom stereocenters. The highest BCUT2D eigenvalue weighted by Crippen LogP contribution is 2.48. The van der Waals surface area contributed by atoms with Crippen molar-refractivity contribution >= 4 is 80.1 Å². The highest BCUT2D eigenvalue weighted by Gasteiger charge is 2.21. The summed E-state index contributed by atoms with van der Waals surface area (Å²) in [4.78, 5) is 2.47. The Labute approximate surface area is 340 Å². The van der Waals surface area contributed by atoms with E-state index in [4.69, 9.17) is 0 Å². The van der Waals surface area contributed by atoms with Crippen molar-refractivity contribution < 1.29 is 0 Å². The maximum atomic E-state index is 2.47. The SMILES string of the molecule is c1ccc(-c2ccc(-c3ccc(N(c4cc(-c5ccccc5)cc(-c5cccc6sc7ccccc7c56)c4)c4cccc5c4sc4ccccc45)cc3)cc2)cc1. The quantitative estimate of drug-likeness (QED) is 0.156. The van der Waals surface area contributed by atoms with Gasteiger partial charge in [0.1, 0.15) is 0 Å². The molecule has 1 nitrogen and oxygen atoms in total. The number of fused-ring (bicyclic) bond motifs is 6. The van der Waals surface area contributed by atoms with Crippen molar-refractivity contribution in [1.82, 2.24) is 0 Å². The summed E-state index contributed by atoms with van der Waals surface area (Å²) in [5, 5.41) is 5.19. The van der Waals surface area contributed by atoms with E-state index in [2.05, 4.69) is 217 Å². The molecule has 0 aliphatic heterocycles. The van der Waals surface area contributed by atoms with Crippen LogP contribution in [0.5, 0.6) is 0 Å². The van der Waals surface area contributed by atoms with Gasteiger partial charge >= 0.3 is 0 Å². The lowest BCUT2D eigenvalue weighted by atomic mass is 9.94. The Kier molecular flexibility index (Phi) is 8.28. The van der Waals surface area contributed by atoms with Crippen molar-refractivity contribution in [2.24, 2.45) is 0 Å². The summed E-state index contributed by atoms with van der Waals surface area (Å²) in [5.74, 6) is 0. The van der Waals surface area contributed by atoms with Gasteiger partial charge in [0.15, 0.2) is 0 Å². The lowest BCUT2D eigenvalue weighted by Crippen LogP contribution is -2.10. The smallest absolute Gasteiger partial charge is 0.0640 e. The molecule has 11 aromatic rings. The molecule has 0 bridgehead atoms. The minimum atomic E-state index is 1.11. The number of thiophene rings is 2. The lowest BCUT2D eigenvalue weighted by molar-refractivity contribution is 1.30. The van der Waals surface area contributed by atoms with Gasteiger partial charge in [-0.2, -0.15) is 0 Å². The standard InChI is InChI=1S/C54H35NS2/c1-3-13-36(14-4-1)38-25-27-39(28-26-38)40-29-31-43(32-30-40)55(49-21-11-20-47-46-17-7-9-22-50(46)57-54(47)49)44-34-41(37-15-5-2-6-16-37)33-42(35-44)45-19-12-24-52-53(45)48-18-8-10-23-51(48)56-52/h1-35H. The van der Waals surface area contributed by atoms with Gasteiger partial charge in [0.25, 0.3) is 0 Å². The van der Waals surface area contributed by atoms with Gasteiger partial charge in [-0.05, 0) is 99.1 Å². The molecule has 57 heavy (non-hydrogen) atoms. The predicted molar refractivity (Wildman–Crippen MR) is 249 cm³/mol. The van der Waals surface area contributed by atoms with Crippen molar-refractivity contribution in [1.29, 1.82) is 0 Å². The summed E-state index contributed by atoms with van der Waals surface area (Å²) in [6.45, 7) is 0. The second-order valence-electron chi connectivity index (χ2n) is 14.5. The largest absolute Gasteiger partial charge is 0.309 e. The zero-order chi connectivity index (χ0) is 37.7. The summed E-state index contributed by atoms with van der Waals surface area (Å²) in [5.41, 5.74) is 13.1. The molecule has 0 aliphatic rings. The molecule has 0 amide bonds. The Morgan fingerprint density at radius 2 is 0.807 bits per heavy atom. The van der Waals surface area contributed by atoms with Crippen LogP contribution in [-0.4, -0.2) is 0 Å². The zero-order valence-corrected chi connectivity index (χ0v) is 32.6. The molecule has 11 rings (SSSR count). The van der Waals surface area contributed by atoms with Crippen molar-refractivity contribution in [3.8, 4) is 44.5 Å². The van der Waals surface area contributed by atoms with E-state index in [0.29, 0.717) is 0 Å². The average Bonchev–Trinajstić information content (AvgIpc) is 3.87. The first kappa shape index (κ1) is 33.5. The summed E-state index contributed by atoms with van der Waals surface area (Å²) < 4.78 is 5.19. The Balaban J connectivity index is 1.12. The highest BCUT2D eigenvalue weighted by molar-refractivity contribution is 7.26. The van der Waals surface area contributed by atoms with Crippen LogP contribution in [0.4, 0.5) is 17.1 Å². The Morgan fingerprint density at radius 3 is 1.51 bits per heavy atom. The maximum absolute atomic E-state index is 2.47. The van der Waals surface area contributed by atoms with E-state index in [1.807, 2.05) is 22.7 Å². The summed E-state index contributed by atoms with van der Waals surface area (Å²) >= 11 is 3.74. The van der Waals surface area contributed by atoms with Crippen LogP contribution in [0.2, 0.25) is 0 Å². The first-order valence-electron chi connectivity index (χ1n) is 19.3. The predicted octanol–water partition coefficient (Wildman–Crippen LogP) is 16.6. The van der Waals surface area contributed by atoms with E-state index < -0.39 is 0 Å². The van der Waals surface area contributed by atoms with E-state index in [-0.39, 0.29) is 0 Å². The van der Waals surface area contributed by atoms with E-state index in [1.165, 1.54) is 90.5 Å². The lowest BCUT2D eigenvalue weighted by Gasteiger charge is -2.28. The van der Waals surface area contributed by atoms with Crippen LogP contribution in [0.15, 0.2) is 212 Å². The van der Waals surface area contributed by atoms with Crippen LogP contribution in [0, 0.1) is 0 Å². The number of hydrogen-bond donors (Lipinski definition) is 0. The van der Waals surface area contributed by atoms with Gasteiger partial charge in [-0.1, -0.05) is 158 Å². The minimum absolute atomic E-state index is 1.11. The van der Waals surface area contributed by atoms with Crippen molar-refractivity contribution in [2.75, 3.05) is 4.90 Å². The Hall–Kier alpha value is -6.78. The molecule has 0 saturated heterocycles. The molecule has 0 spiro atoms. The van der Waals surface area contributed by atoms with E-state index in [9.17, 15) is 0 Å². The summed E-state index contributed by atoms with van der Waals surface area (Å²) in [7, 11) is 0. The van der Waals surface area contributed by atoms with Crippen molar-refractivity contribution in [3.05, 3.63) is 212 Å². The first-order valence-corrected chi connectivity index (χ1v) is 21.0. The molecule has 9 aromatic carbocycles. The Morgan fingerprint density at radius 1 is 0.298 bits per heavy atom. The molecule has 0 aliphatic carbocycles. The van der Waals surface area contributed by atoms with Crippen LogP contribution in [-0.2, 0) is 0 Å². The van der Waals surface area contributed by atoms with Gasteiger partial charge in [-0.3, -0.25) is 0 Å². The zero-order valence-electron chi connectivity index (χ0n) is 31.0. The summed E-state index contributed by atoms with van der Waals surface area (Å²) in [6.07, 6.45) is 0. The molecule has 0 unspecified atom stereocenters. The molecule has 2 heterocycles. The molecular formula is C54H35NS2. The molecular weight excluding hydrogens is 727 g/mol. The van der Waals surface area contributed by atoms with Gasteiger partial charge in [0.05, 0.1) is 10.4 Å². The molecule has 268 valence electrons. The van der Waals surface area contributed by atoms with Gasteiger partial charge in [0.2, 0.25) is 0 Å². The molecule has 0 N–H and O–H groups in total. The van der Waals surface area contributed by atoms with Crippen molar-refractivity contribution in [3.63, 3.8) is 0 Å². The number of hydrogen-bond acceptors (Lipinski definition) is 3. The second-order valence-corrected chi connectivity index (χ2v) is 16.6. The number of nitrogens with zero attached hydrogens (tertiary/aromatic N) is 1. The first-order chi connectivity index (χ1) is 28.2. The second kappa shape index (κ2) is 14.1. The Bertz CT molecular complexity index is 3210. The molecule has 0 saturated carbocycles. The fraction of sp³-hybridized carbons (Fsp3) is 0. The third-order valence-electron chi connectivity index (χ3n) is 11.1. The van der Waals surface area contributed by atoms with Crippen LogP contribution < -0.4 is 4.90 Å². The van der Waals surface area contributed by atoms with E-state index >= 15 is 0 Å². The summed E-state index contributed by atoms with van der Waals surface area (Å²) in [6, 6.07) is 77.7. The van der Waals surface area contributed by atoms with Crippen LogP contribution in [0.1, 0.15) is 0 Å². The van der Waals surface area contributed by atoms with Gasteiger partial charge in [0, 0.05) is 47.0 Å². The van der Waals surface area contributed by atoms with E-state index in [0.717, 1.165) is 11.4 Å². The number of benzene rings is 9. The molecule has 3 heteroatoms. The molecule has 0 radical (unpaired) electrons. The normalized spacial score (nSPS) is 11.5. The molecule has 0 fully saturated rings. The van der Waals surface area contributed by atoms with Gasteiger partial charge < -0.3 is 4.90 Å². The fourth-order valence-corrected chi connectivity index (χ4v) is 10.7. The van der Waals surface area contributed by atoms with E-state index in [1.54, 1.807) is 0 Å². The van der Waals surface area contributed by atoms with Crippen LogP contribution in [0.25, 0.3) is 84.9 Å². The average molecular weight is 762 g/mol. The third-order valence-corrected chi connectivity index (χ3v) is 13.4. The fourth-order valence-electron chi connectivity index (χ4n) is 8.33. The third kappa shape index (κ3) is 6.00. The monoisotopic (exact) mass is 761 g/mol. The highest BCUT2D eigenvalue weighted by atomic mass is 32.1. The van der Waals surface area contributed by atoms with Crippen LogP contribution in [0.3, 0.4) is 0 Å². The molecule has 2 aromatic heterocycles. The minimum Gasteiger partial charge on any atom is -0.309 e. The van der Waals surface area contributed by atoms with Crippen LogP contribution >= 0.6 is 22.7 Å². The maximum Gasteiger partial charge on any atom is 0.0640 e. The van der Waals surface area contributed by atoms with Gasteiger partial charge in [-0.15, -0.1) is 22.7 Å².